The van der Waals surface area contributed by atoms with Gasteiger partial charge in [-0.05, 0) is 81.6 Å². The molecule has 0 aliphatic carbocycles. The lowest BCUT2D eigenvalue weighted by molar-refractivity contribution is 1.05. The summed E-state index contributed by atoms with van der Waals surface area (Å²) >= 11 is 0. The minimum Gasteiger partial charge on any atom is -0.309 e. The van der Waals surface area contributed by atoms with Crippen molar-refractivity contribution in [3.63, 3.8) is 0 Å². The highest BCUT2D eigenvalue weighted by Crippen LogP contribution is 2.43. The molecule has 308 valence electrons. The molecule has 0 saturated carbocycles. The van der Waals surface area contributed by atoms with Crippen LogP contribution >= 0.6 is 0 Å². The molecule has 0 atom stereocenters. The van der Waals surface area contributed by atoms with Gasteiger partial charge < -0.3 is 4.57 Å². The maximum absolute atomic E-state index is 5.73. The van der Waals surface area contributed by atoms with Gasteiger partial charge in [-0.25, -0.2) is 9.97 Å². The van der Waals surface area contributed by atoms with Crippen molar-refractivity contribution in [1.29, 1.82) is 0 Å². The van der Waals surface area contributed by atoms with Crippen LogP contribution in [0.1, 0.15) is 0 Å². The molecule has 4 heteroatoms. The van der Waals surface area contributed by atoms with Crippen molar-refractivity contribution < 1.29 is 0 Å². The van der Waals surface area contributed by atoms with Crippen molar-refractivity contribution in [2.45, 2.75) is 0 Å². The normalized spacial score (nSPS) is 11.6. The number of benzene rings is 10. The van der Waals surface area contributed by atoms with Crippen LogP contribution in [0.3, 0.4) is 0 Å². The molecule has 0 unspecified atom stereocenters. The van der Waals surface area contributed by atoms with E-state index >= 15 is 0 Å². The van der Waals surface area contributed by atoms with Gasteiger partial charge in [0.15, 0.2) is 5.82 Å². The second-order valence-electron chi connectivity index (χ2n) is 16.9. The van der Waals surface area contributed by atoms with Crippen molar-refractivity contribution in [1.82, 2.24) is 19.1 Å². The lowest BCUT2D eigenvalue weighted by Crippen LogP contribution is -2.06. The fourth-order valence-corrected chi connectivity index (χ4v) is 10.0. The third-order valence-electron chi connectivity index (χ3n) is 13.1. The molecule has 0 N–H and O–H groups in total. The number of aromatic nitrogens is 4. The molecule has 13 aromatic rings. The van der Waals surface area contributed by atoms with Crippen LogP contribution in [0.25, 0.3) is 122 Å². The van der Waals surface area contributed by atoms with Crippen LogP contribution in [0.5, 0.6) is 0 Å². The van der Waals surface area contributed by atoms with E-state index < -0.39 is 0 Å². The molecule has 10 aromatic carbocycles. The van der Waals surface area contributed by atoms with Crippen molar-refractivity contribution in [3.05, 3.63) is 243 Å². The molecule has 0 aliphatic rings. The maximum atomic E-state index is 5.73. The van der Waals surface area contributed by atoms with Gasteiger partial charge in [0.2, 0.25) is 0 Å². The lowest BCUT2D eigenvalue weighted by Gasteiger charge is -2.18. The molecule has 0 aliphatic heterocycles. The van der Waals surface area contributed by atoms with Gasteiger partial charge >= 0.3 is 0 Å². The average Bonchev–Trinajstić information content (AvgIpc) is 3.91. The summed E-state index contributed by atoms with van der Waals surface area (Å²) in [5, 5.41) is 7.27. The van der Waals surface area contributed by atoms with Crippen molar-refractivity contribution in [2.75, 3.05) is 0 Å². The lowest BCUT2D eigenvalue weighted by atomic mass is 9.98. The Balaban J connectivity index is 1.09. The minimum atomic E-state index is 0.778. The zero-order valence-corrected chi connectivity index (χ0v) is 35.9. The molecule has 0 bridgehead atoms. The SMILES string of the molecule is c1ccc(-c2ccc3c4cc(-c5ccc6c(c5)c5c7ccccc7ccc5n6-c5ccccc5)ccc4n(-c4nc(-c5ccccc5)c(-c5ccccc5)nc4-c4ccccc4)c3c2)cc1. The van der Waals surface area contributed by atoms with Gasteiger partial charge in [0.1, 0.15) is 5.69 Å². The van der Waals surface area contributed by atoms with E-state index in [1.807, 2.05) is 6.07 Å². The highest BCUT2D eigenvalue weighted by Gasteiger charge is 2.24. The maximum Gasteiger partial charge on any atom is 0.165 e. The molecule has 0 spiro atoms. The molecule has 66 heavy (non-hydrogen) atoms. The second-order valence-corrected chi connectivity index (χ2v) is 16.9. The Kier molecular flexibility index (Phi) is 8.81. The summed E-state index contributed by atoms with van der Waals surface area (Å²) in [5.74, 6) is 0.778. The molecular weight excluding hydrogens is 801 g/mol. The number of rotatable bonds is 7. The summed E-state index contributed by atoms with van der Waals surface area (Å²) in [6, 6.07) is 86.7. The summed E-state index contributed by atoms with van der Waals surface area (Å²) in [7, 11) is 0. The smallest absolute Gasteiger partial charge is 0.165 e. The van der Waals surface area contributed by atoms with Gasteiger partial charge in [-0.3, -0.25) is 4.57 Å². The Morgan fingerprint density at radius 1 is 0.258 bits per heavy atom. The number of para-hydroxylation sites is 1. The monoisotopic (exact) mass is 840 g/mol. The largest absolute Gasteiger partial charge is 0.309 e. The van der Waals surface area contributed by atoms with Crippen LogP contribution in [0, 0.1) is 0 Å². The van der Waals surface area contributed by atoms with E-state index in [2.05, 4.69) is 246 Å². The highest BCUT2D eigenvalue weighted by molar-refractivity contribution is 6.22. The summed E-state index contributed by atoms with van der Waals surface area (Å²) in [5.41, 5.74) is 15.8. The first-order chi connectivity index (χ1) is 32.7. The zero-order valence-electron chi connectivity index (χ0n) is 35.9. The Bertz CT molecular complexity index is 3950. The van der Waals surface area contributed by atoms with E-state index in [0.717, 1.165) is 89.3 Å². The Morgan fingerprint density at radius 3 is 1.39 bits per heavy atom. The number of hydrogen-bond acceptors (Lipinski definition) is 2. The van der Waals surface area contributed by atoms with Gasteiger partial charge in [-0.15, -0.1) is 0 Å². The van der Waals surface area contributed by atoms with E-state index in [0.29, 0.717) is 0 Å². The topological polar surface area (TPSA) is 35.6 Å². The van der Waals surface area contributed by atoms with E-state index in [1.54, 1.807) is 0 Å². The fraction of sp³-hybridized carbons (Fsp3) is 0. The first-order valence-electron chi connectivity index (χ1n) is 22.5. The molecule has 3 aromatic heterocycles. The Labute approximate surface area is 382 Å². The number of nitrogens with zero attached hydrogens (tertiary/aromatic N) is 4. The van der Waals surface area contributed by atoms with Gasteiger partial charge in [-0.2, -0.15) is 0 Å². The van der Waals surface area contributed by atoms with Gasteiger partial charge in [0, 0.05) is 43.9 Å². The van der Waals surface area contributed by atoms with Crippen LogP contribution in [-0.2, 0) is 0 Å². The van der Waals surface area contributed by atoms with Crippen LogP contribution < -0.4 is 0 Å². The molecule has 4 nitrogen and oxygen atoms in total. The summed E-state index contributed by atoms with van der Waals surface area (Å²) in [6.45, 7) is 0. The van der Waals surface area contributed by atoms with E-state index in [9.17, 15) is 0 Å². The Hall–Kier alpha value is -8.86. The van der Waals surface area contributed by atoms with Crippen LogP contribution in [0.4, 0.5) is 0 Å². The van der Waals surface area contributed by atoms with Gasteiger partial charge in [0.25, 0.3) is 0 Å². The standard InChI is InChI=1S/C62H40N4/c1-6-18-41(19-7-1)48-30-34-51-52-38-46(47-33-36-55-53(39-47)58-50-29-17-16-20-42(50)31-37-56(58)65(55)49-27-14-5-15-28-49)32-35-54(52)66(57(51)40-48)62-61(45-25-12-4-13-26-45)63-59(43-21-8-2-9-22-43)60(64-62)44-23-10-3-11-24-44/h1-40H. The predicted molar refractivity (Wildman–Crippen MR) is 275 cm³/mol. The third kappa shape index (κ3) is 6.15. The molecule has 3 heterocycles. The van der Waals surface area contributed by atoms with Crippen LogP contribution in [-0.4, -0.2) is 19.1 Å². The number of fused-ring (bicyclic) bond motifs is 8. The van der Waals surface area contributed by atoms with Crippen LogP contribution in [0.2, 0.25) is 0 Å². The number of hydrogen-bond donors (Lipinski definition) is 0. The first kappa shape index (κ1) is 37.7. The second kappa shape index (κ2) is 15.4. The Morgan fingerprint density at radius 2 is 0.742 bits per heavy atom. The minimum absolute atomic E-state index is 0.778. The molecular formula is C62H40N4. The molecule has 0 amide bonds. The van der Waals surface area contributed by atoms with E-state index in [-0.39, 0.29) is 0 Å². The summed E-state index contributed by atoms with van der Waals surface area (Å²) < 4.78 is 4.75. The van der Waals surface area contributed by atoms with Gasteiger partial charge in [0.05, 0.1) is 33.5 Å². The van der Waals surface area contributed by atoms with Crippen molar-refractivity contribution in [2.24, 2.45) is 0 Å². The zero-order chi connectivity index (χ0) is 43.6. The van der Waals surface area contributed by atoms with Crippen molar-refractivity contribution in [3.8, 4) is 67.5 Å². The first-order valence-corrected chi connectivity index (χ1v) is 22.5. The molecule has 0 radical (unpaired) electrons. The van der Waals surface area contributed by atoms with Crippen molar-refractivity contribution >= 4 is 54.4 Å². The summed E-state index contributed by atoms with van der Waals surface area (Å²) in [4.78, 5) is 11.4. The molecule has 0 fully saturated rings. The van der Waals surface area contributed by atoms with Gasteiger partial charge in [-0.1, -0.05) is 194 Å². The quantitative estimate of drug-likeness (QED) is 0.160. The van der Waals surface area contributed by atoms with Crippen LogP contribution in [0.15, 0.2) is 243 Å². The molecule has 0 saturated heterocycles. The fourth-order valence-electron chi connectivity index (χ4n) is 10.0. The van der Waals surface area contributed by atoms with E-state index in [1.165, 1.54) is 32.6 Å². The highest BCUT2D eigenvalue weighted by atomic mass is 15.1. The predicted octanol–water partition coefficient (Wildman–Crippen LogP) is 16.2. The average molecular weight is 841 g/mol. The summed E-state index contributed by atoms with van der Waals surface area (Å²) in [6.07, 6.45) is 0. The van der Waals surface area contributed by atoms with E-state index in [4.69, 9.17) is 9.97 Å². The third-order valence-corrected chi connectivity index (χ3v) is 13.1. The molecule has 13 rings (SSSR count).